The molecule has 0 unspecified atom stereocenters. The lowest BCUT2D eigenvalue weighted by Gasteiger charge is -2.07. The van der Waals surface area contributed by atoms with Crippen molar-refractivity contribution in [2.24, 2.45) is 5.73 Å². The summed E-state index contributed by atoms with van der Waals surface area (Å²) in [5, 5.41) is 8.78. The van der Waals surface area contributed by atoms with Gasteiger partial charge in [0.25, 0.3) is 0 Å². The summed E-state index contributed by atoms with van der Waals surface area (Å²) in [6.07, 6.45) is 1.27. The van der Waals surface area contributed by atoms with Crippen molar-refractivity contribution in [3.05, 3.63) is 24.0 Å². The van der Waals surface area contributed by atoms with E-state index in [4.69, 9.17) is 10.8 Å². The maximum absolute atomic E-state index is 11.4. The second-order valence-electron chi connectivity index (χ2n) is 3.11. The number of nitrogens with two attached hydrogens (primary N) is 1. The fourth-order valence-corrected chi connectivity index (χ4v) is 1.88. The van der Waals surface area contributed by atoms with Crippen molar-refractivity contribution in [3.63, 3.8) is 0 Å². The van der Waals surface area contributed by atoms with Crippen molar-refractivity contribution < 1.29 is 13.5 Å². The summed E-state index contributed by atoms with van der Waals surface area (Å²) in [5.74, 6) is 0.0417. The average Bonchev–Trinajstić information content (AvgIpc) is 2.28. The van der Waals surface area contributed by atoms with Gasteiger partial charge in [0.2, 0.25) is 0 Å². The van der Waals surface area contributed by atoms with Crippen molar-refractivity contribution in [2.75, 3.05) is 12.4 Å². The van der Waals surface area contributed by atoms with Gasteiger partial charge in [-0.2, -0.15) is 0 Å². The van der Waals surface area contributed by atoms with Crippen LogP contribution in [0.15, 0.2) is 23.2 Å². The highest BCUT2D eigenvalue weighted by molar-refractivity contribution is 7.91. The Labute approximate surface area is 101 Å². The van der Waals surface area contributed by atoms with E-state index in [-0.39, 0.29) is 29.7 Å². The van der Waals surface area contributed by atoms with Gasteiger partial charge in [0.1, 0.15) is 0 Å². The number of hydrogen-bond acceptors (Lipinski definition) is 5. The smallest absolute Gasteiger partial charge is 0.179 e. The zero-order chi connectivity index (χ0) is 11.5. The summed E-state index contributed by atoms with van der Waals surface area (Å²) in [5.41, 5.74) is 6.00. The predicted octanol–water partition coefficient (Wildman–Crippen LogP) is 0.289. The van der Waals surface area contributed by atoms with Crippen LogP contribution in [0.5, 0.6) is 0 Å². The summed E-state index contributed by atoms with van der Waals surface area (Å²) in [7, 11) is -3.21. The second-order valence-corrected chi connectivity index (χ2v) is 5.39. The van der Waals surface area contributed by atoms with Crippen LogP contribution in [-0.2, 0) is 9.84 Å². The van der Waals surface area contributed by atoms with Crippen molar-refractivity contribution in [1.82, 2.24) is 4.98 Å². The maximum atomic E-state index is 11.4. The fraction of sp³-hybridized carbons (Fsp3) is 0.444. The molecule has 16 heavy (non-hydrogen) atoms. The molecule has 0 amide bonds. The standard InChI is InChI=1S/C9H14N2O3S.ClH/c1-2-15(13,14)7-3-4-9(11-5-7)8(10)6-12;/h3-5,8,12H,2,6,10H2,1H3;1H/t8-;/m0./s1. The fourth-order valence-electron chi connectivity index (χ4n) is 1.06. The predicted molar refractivity (Wildman–Crippen MR) is 63.2 cm³/mol. The van der Waals surface area contributed by atoms with E-state index in [0.717, 1.165) is 0 Å². The molecule has 0 fully saturated rings. The quantitative estimate of drug-likeness (QED) is 0.817. The Morgan fingerprint density at radius 1 is 1.50 bits per heavy atom. The van der Waals surface area contributed by atoms with E-state index in [1.165, 1.54) is 18.3 Å². The third-order valence-electron chi connectivity index (χ3n) is 2.07. The first-order valence-corrected chi connectivity index (χ1v) is 6.21. The van der Waals surface area contributed by atoms with Crippen LogP contribution in [0.3, 0.4) is 0 Å². The lowest BCUT2D eigenvalue weighted by molar-refractivity contribution is 0.266. The second kappa shape index (κ2) is 6.15. The normalized spacial score (nSPS) is 12.9. The van der Waals surface area contributed by atoms with E-state index in [1.807, 2.05) is 0 Å². The van der Waals surface area contributed by atoms with Crippen LogP contribution in [0, 0.1) is 0 Å². The number of aliphatic hydroxyl groups is 1. The molecule has 1 aromatic heterocycles. The highest BCUT2D eigenvalue weighted by Gasteiger charge is 2.13. The molecule has 0 radical (unpaired) electrons. The summed E-state index contributed by atoms with van der Waals surface area (Å²) < 4.78 is 22.9. The number of aromatic nitrogens is 1. The Hall–Kier alpha value is -0.690. The van der Waals surface area contributed by atoms with Crippen molar-refractivity contribution >= 4 is 22.2 Å². The summed E-state index contributed by atoms with van der Waals surface area (Å²) in [6.45, 7) is 1.36. The first-order valence-electron chi connectivity index (χ1n) is 4.56. The minimum Gasteiger partial charge on any atom is -0.394 e. The minimum atomic E-state index is -3.21. The largest absolute Gasteiger partial charge is 0.394 e. The van der Waals surface area contributed by atoms with Gasteiger partial charge < -0.3 is 10.8 Å². The molecule has 1 aromatic rings. The molecule has 1 atom stereocenters. The van der Waals surface area contributed by atoms with Crippen LogP contribution >= 0.6 is 12.4 Å². The number of rotatable bonds is 4. The third kappa shape index (κ3) is 3.41. The summed E-state index contributed by atoms with van der Waals surface area (Å²) in [6, 6.07) is 2.41. The minimum absolute atomic E-state index is 0. The Morgan fingerprint density at radius 2 is 2.12 bits per heavy atom. The monoisotopic (exact) mass is 266 g/mol. The molecule has 0 aliphatic carbocycles. The molecule has 0 aliphatic heterocycles. The lowest BCUT2D eigenvalue weighted by Crippen LogP contribution is -2.16. The number of halogens is 1. The van der Waals surface area contributed by atoms with E-state index in [2.05, 4.69) is 4.98 Å². The average molecular weight is 267 g/mol. The Morgan fingerprint density at radius 3 is 2.50 bits per heavy atom. The maximum Gasteiger partial charge on any atom is 0.179 e. The van der Waals surface area contributed by atoms with Crippen LogP contribution in [0.2, 0.25) is 0 Å². The highest BCUT2D eigenvalue weighted by atomic mass is 35.5. The van der Waals surface area contributed by atoms with Gasteiger partial charge in [-0.25, -0.2) is 8.42 Å². The van der Waals surface area contributed by atoms with Crippen LogP contribution in [0.4, 0.5) is 0 Å². The first kappa shape index (κ1) is 15.3. The van der Waals surface area contributed by atoms with Crippen LogP contribution in [-0.4, -0.2) is 30.9 Å². The molecular weight excluding hydrogens is 252 g/mol. The SMILES string of the molecule is CCS(=O)(=O)c1ccc([C@@H](N)CO)nc1.Cl. The molecule has 1 rings (SSSR count). The van der Waals surface area contributed by atoms with Crippen molar-refractivity contribution in [3.8, 4) is 0 Å². The number of hydrogen-bond donors (Lipinski definition) is 2. The Kier molecular flexibility index (Phi) is 5.88. The molecule has 3 N–H and O–H groups in total. The molecule has 7 heteroatoms. The molecule has 1 heterocycles. The molecular formula is C9H15ClN2O3S. The van der Waals surface area contributed by atoms with E-state index in [0.29, 0.717) is 5.69 Å². The number of nitrogens with zero attached hydrogens (tertiary/aromatic N) is 1. The molecule has 5 nitrogen and oxygen atoms in total. The molecule has 0 aromatic carbocycles. The highest BCUT2D eigenvalue weighted by Crippen LogP contribution is 2.12. The van der Waals surface area contributed by atoms with Gasteiger partial charge in [-0.1, -0.05) is 6.92 Å². The number of pyridine rings is 1. The Bertz CT molecular complexity index is 419. The third-order valence-corrected chi connectivity index (χ3v) is 3.79. The van der Waals surface area contributed by atoms with E-state index in [9.17, 15) is 8.42 Å². The van der Waals surface area contributed by atoms with Crippen LogP contribution in [0.25, 0.3) is 0 Å². The molecule has 92 valence electrons. The van der Waals surface area contributed by atoms with Gasteiger partial charge in [0, 0.05) is 6.20 Å². The van der Waals surface area contributed by atoms with Gasteiger partial charge in [-0.3, -0.25) is 4.98 Å². The summed E-state index contributed by atoms with van der Waals surface area (Å²) >= 11 is 0. The topological polar surface area (TPSA) is 93.3 Å². The van der Waals surface area contributed by atoms with E-state index < -0.39 is 15.9 Å². The lowest BCUT2D eigenvalue weighted by atomic mass is 10.2. The number of sulfone groups is 1. The molecule has 0 spiro atoms. The molecule has 0 aliphatic rings. The van der Waals surface area contributed by atoms with Gasteiger partial charge in [-0.05, 0) is 12.1 Å². The zero-order valence-corrected chi connectivity index (χ0v) is 10.5. The summed E-state index contributed by atoms with van der Waals surface area (Å²) in [4.78, 5) is 4.08. The molecule has 0 bridgehead atoms. The molecule has 0 saturated carbocycles. The van der Waals surface area contributed by atoms with E-state index >= 15 is 0 Å². The van der Waals surface area contributed by atoms with Crippen molar-refractivity contribution in [2.45, 2.75) is 17.9 Å². The van der Waals surface area contributed by atoms with Gasteiger partial charge in [0.05, 0.1) is 29.0 Å². The Balaban J connectivity index is 0.00000225. The number of aliphatic hydroxyl groups excluding tert-OH is 1. The zero-order valence-electron chi connectivity index (χ0n) is 8.83. The van der Waals surface area contributed by atoms with Crippen LogP contribution in [0.1, 0.15) is 18.7 Å². The first-order chi connectivity index (χ1) is 7.01. The van der Waals surface area contributed by atoms with Gasteiger partial charge in [0.15, 0.2) is 9.84 Å². The molecule has 0 saturated heterocycles. The van der Waals surface area contributed by atoms with E-state index in [1.54, 1.807) is 6.92 Å². The van der Waals surface area contributed by atoms with Gasteiger partial charge >= 0.3 is 0 Å². The van der Waals surface area contributed by atoms with Gasteiger partial charge in [-0.15, -0.1) is 12.4 Å². The van der Waals surface area contributed by atoms with Crippen LogP contribution < -0.4 is 5.73 Å². The van der Waals surface area contributed by atoms with Crippen molar-refractivity contribution in [1.29, 1.82) is 0 Å².